The zero-order chi connectivity index (χ0) is 9.40. The largest absolute Gasteiger partial charge is 0.508 e. The van der Waals surface area contributed by atoms with Crippen LogP contribution in [0.15, 0.2) is 0 Å². The number of carbonyl (C=O) groups excluding carboxylic acids is 2. The average Bonchev–Trinajstić information content (AvgIpc) is 1.98. The van der Waals surface area contributed by atoms with Crippen molar-refractivity contribution in [2.75, 3.05) is 13.2 Å². The summed E-state index contributed by atoms with van der Waals surface area (Å²) < 4.78 is 9.12. The Labute approximate surface area is 71.8 Å². The minimum absolute atomic E-state index is 0.0995. The smallest absolute Gasteiger partial charge is 0.435 e. The maximum Gasteiger partial charge on any atom is 0.508 e. The summed E-state index contributed by atoms with van der Waals surface area (Å²) in [7, 11) is 0. The Hall–Kier alpha value is -1.06. The molecule has 0 aliphatic carbocycles. The SMILES string of the molecule is CCOC(=O)OCCCC(C)=O. The molecule has 0 N–H and O–H groups in total. The minimum Gasteiger partial charge on any atom is -0.435 e. The van der Waals surface area contributed by atoms with Crippen LogP contribution in [0.1, 0.15) is 26.7 Å². The lowest BCUT2D eigenvalue weighted by molar-refractivity contribution is -0.117. The Morgan fingerprint density at radius 2 is 1.92 bits per heavy atom. The molecule has 0 amide bonds. The van der Waals surface area contributed by atoms with Crippen LogP contribution in [0.3, 0.4) is 0 Å². The van der Waals surface area contributed by atoms with Crippen molar-refractivity contribution in [2.24, 2.45) is 0 Å². The standard InChI is InChI=1S/C8H14O4/c1-3-11-8(10)12-6-4-5-7(2)9/h3-6H2,1-2H3. The second-order valence-electron chi connectivity index (χ2n) is 2.34. The van der Waals surface area contributed by atoms with Crippen LogP contribution in [0.2, 0.25) is 0 Å². The van der Waals surface area contributed by atoms with E-state index in [1.54, 1.807) is 6.92 Å². The number of carbonyl (C=O) groups is 2. The van der Waals surface area contributed by atoms with Crippen LogP contribution < -0.4 is 0 Å². The van der Waals surface area contributed by atoms with Crippen LogP contribution >= 0.6 is 0 Å². The van der Waals surface area contributed by atoms with Crippen molar-refractivity contribution in [1.29, 1.82) is 0 Å². The quantitative estimate of drug-likeness (QED) is 0.468. The molecule has 12 heavy (non-hydrogen) atoms. The molecule has 4 heteroatoms. The van der Waals surface area contributed by atoms with E-state index in [-0.39, 0.29) is 12.4 Å². The fourth-order valence-electron chi connectivity index (χ4n) is 0.636. The van der Waals surface area contributed by atoms with E-state index in [2.05, 4.69) is 9.47 Å². The molecule has 0 bridgehead atoms. The molecule has 0 unspecified atom stereocenters. The third-order valence-electron chi connectivity index (χ3n) is 1.16. The number of Topliss-reactive ketones (excluding diaryl/α,β-unsaturated/α-hetero) is 1. The van der Waals surface area contributed by atoms with Gasteiger partial charge in [-0.3, -0.25) is 0 Å². The van der Waals surface area contributed by atoms with Crippen molar-refractivity contribution < 1.29 is 19.1 Å². The molecule has 0 atom stereocenters. The van der Waals surface area contributed by atoms with E-state index in [0.29, 0.717) is 19.4 Å². The minimum atomic E-state index is -0.666. The van der Waals surface area contributed by atoms with Gasteiger partial charge < -0.3 is 14.3 Å². The Kier molecular flexibility index (Phi) is 6.05. The van der Waals surface area contributed by atoms with Crippen molar-refractivity contribution in [2.45, 2.75) is 26.7 Å². The van der Waals surface area contributed by atoms with Crippen LogP contribution in [0.25, 0.3) is 0 Å². The molecule has 0 aromatic rings. The zero-order valence-electron chi connectivity index (χ0n) is 7.46. The van der Waals surface area contributed by atoms with E-state index in [4.69, 9.17) is 0 Å². The Bertz CT molecular complexity index is 153. The third kappa shape index (κ3) is 7.05. The number of ether oxygens (including phenoxy) is 2. The van der Waals surface area contributed by atoms with E-state index in [9.17, 15) is 9.59 Å². The summed E-state index contributed by atoms with van der Waals surface area (Å²) in [6.07, 6.45) is 0.342. The van der Waals surface area contributed by atoms with Gasteiger partial charge in [0.15, 0.2) is 0 Å². The van der Waals surface area contributed by atoms with Crippen molar-refractivity contribution in [1.82, 2.24) is 0 Å². The van der Waals surface area contributed by atoms with Gasteiger partial charge in [0.25, 0.3) is 0 Å². The highest BCUT2D eigenvalue weighted by atomic mass is 16.7. The lowest BCUT2D eigenvalue weighted by Crippen LogP contribution is -2.08. The van der Waals surface area contributed by atoms with Gasteiger partial charge in [0.1, 0.15) is 5.78 Å². The van der Waals surface area contributed by atoms with Crippen LogP contribution in [0.4, 0.5) is 4.79 Å². The van der Waals surface area contributed by atoms with Gasteiger partial charge in [0.05, 0.1) is 13.2 Å². The first-order valence-corrected chi connectivity index (χ1v) is 3.95. The summed E-state index contributed by atoms with van der Waals surface area (Å²) >= 11 is 0. The fourth-order valence-corrected chi connectivity index (χ4v) is 0.636. The van der Waals surface area contributed by atoms with E-state index in [0.717, 1.165) is 0 Å². The molecular formula is C8H14O4. The van der Waals surface area contributed by atoms with Gasteiger partial charge in [-0.2, -0.15) is 0 Å². The van der Waals surface area contributed by atoms with Crippen LogP contribution in [-0.4, -0.2) is 25.2 Å². The van der Waals surface area contributed by atoms with Crippen LogP contribution in [-0.2, 0) is 14.3 Å². The highest BCUT2D eigenvalue weighted by Gasteiger charge is 2.01. The van der Waals surface area contributed by atoms with Gasteiger partial charge in [0.2, 0.25) is 0 Å². The Balaban J connectivity index is 3.19. The molecule has 0 aliphatic rings. The van der Waals surface area contributed by atoms with Crippen molar-refractivity contribution in [3.05, 3.63) is 0 Å². The first kappa shape index (κ1) is 10.9. The van der Waals surface area contributed by atoms with Gasteiger partial charge in [-0.15, -0.1) is 0 Å². The van der Waals surface area contributed by atoms with Crippen LogP contribution in [0.5, 0.6) is 0 Å². The molecule has 0 saturated carbocycles. The number of hydrogen-bond acceptors (Lipinski definition) is 4. The Morgan fingerprint density at radius 1 is 1.25 bits per heavy atom. The summed E-state index contributed by atoms with van der Waals surface area (Å²) in [4.78, 5) is 21.0. The molecule has 0 heterocycles. The van der Waals surface area contributed by atoms with E-state index >= 15 is 0 Å². The summed E-state index contributed by atoms with van der Waals surface area (Å²) in [6.45, 7) is 3.77. The molecule has 70 valence electrons. The summed E-state index contributed by atoms with van der Waals surface area (Å²) in [5, 5.41) is 0. The molecule has 0 rings (SSSR count). The van der Waals surface area contributed by atoms with E-state index in [1.807, 2.05) is 0 Å². The predicted molar refractivity (Wildman–Crippen MR) is 42.9 cm³/mol. The normalized spacial score (nSPS) is 9.17. The summed E-state index contributed by atoms with van der Waals surface area (Å²) in [5.74, 6) is 0.0995. The molecule has 0 aliphatic heterocycles. The highest BCUT2D eigenvalue weighted by Crippen LogP contribution is 1.93. The van der Waals surface area contributed by atoms with Crippen molar-refractivity contribution >= 4 is 11.9 Å². The molecule has 0 aromatic carbocycles. The first-order valence-electron chi connectivity index (χ1n) is 3.95. The molecule has 4 nitrogen and oxygen atoms in total. The van der Waals surface area contributed by atoms with Gasteiger partial charge >= 0.3 is 6.16 Å². The molecule has 0 radical (unpaired) electrons. The molecule has 0 saturated heterocycles. The predicted octanol–water partition coefficient (Wildman–Crippen LogP) is 1.53. The monoisotopic (exact) mass is 174 g/mol. The number of rotatable bonds is 5. The van der Waals surface area contributed by atoms with Gasteiger partial charge in [-0.05, 0) is 20.3 Å². The van der Waals surface area contributed by atoms with Crippen molar-refractivity contribution in [3.8, 4) is 0 Å². The Morgan fingerprint density at radius 3 is 2.42 bits per heavy atom. The van der Waals surface area contributed by atoms with Gasteiger partial charge in [-0.1, -0.05) is 0 Å². The maximum absolute atomic E-state index is 10.6. The van der Waals surface area contributed by atoms with Crippen LogP contribution in [0, 0.1) is 0 Å². The first-order chi connectivity index (χ1) is 5.66. The lowest BCUT2D eigenvalue weighted by atomic mass is 10.2. The lowest BCUT2D eigenvalue weighted by Gasteiger charge is -2.02. The summed E-state index contributed by atoms with van der Waals surface area (Å²) in [6, 6.07) is 0. The van der Waals surface area contributed by atoms with Crippen molar-refractivity contribution in [3.63, 3.8) is 0 Å². The topological polar surface area (TPSA) is 52.6 Å². The van der Waals surface area contributed by atoms with E-state index in [1.165, 1.54) is 6.92 Å². The fraction of sp³-hybridized carbons (Fsp3) is 0.750. The van der Waals surface area contributed by atoms with E-state index < -0.39 is 6.16 Å². The zero-order valence-corrected chi connectivity index (χ0v) is 7.46. The molecule has 0 aromatic heterocycles. The highest BCUT2D eigenvalue weighted by molar-refractivity contribution is 5.75. The van der Waals surface area contributed by atoms with Gasteiger partial charge in [-0.25, -0.2) is 4.79 Å². The second kappa shape index (κ2) is 6.64. The molecule has 0 spiro atoms. The summed E-state index contributed by atoms with van der Waals surface area (Å²) in [5.41, 5.74) is 0. The second-order valence-corrected chi connectivity index (χ2v) is 2.34. The molecular weight excluding hydrogens is 160 g/mol. The van der Waals surface area contributed by atoms with Gasteiger partial charge in [0, 0.05) is 6.42 Å². The number of hydrogen-bond donors (Lipinski definition) is 0. The number of ketones is 1. The maximum atomic E-state index is 10.6. The average molecular weight is 174 g/mol. The third-order valence-corrected chi connectivity index (χ3v) is 1.16. The molecule has 0 fully saturated rings.